The minimum atomic E-state index is -0.967. The Morgan fingerprint density at radius 2 is 1.93 bits per heavy atom. The van der Waals surface area contributed by atoms with Crippen molar-refractivity contribution in [2.24, 2.45) is 5.73 Å². The summed E-state index contributed by atoms with van der Waals surface area (Å²) in [5.74, 6) is -2.05. The number of rotatable bonds is 4. The fourth-order valence-electron chi connectivity index (χ4n) is 4.38. The van der Waals surface area contributed by atoms with Crippen LogP contribution in [0.25, 0.3) is 0 Å². The molecule has 29 heavy (non-hydrogen) atoms. The average molecular weight is 400 g/mol. The Hall–Kier alpha value is -2.62. The van der Waals surface area contributed by atoms with Crippen molar-refractivity contribution < 1.29 is 24.3 Å². The van der Waals surface area contributed by atoms with Gasteiger partial charge >= 0.3 is 0 Å². The number of benzene rings is 1. The van der Waals surface area contributed by atoms with Crippen LogP contribution in [0.15, 0.2) is 18.2 Å². The number of amides is 4. The van der Waals surface area contributed by atoms with Gasteiger partial charge in [0.05, 0.1) is 16.7 Å². The minimum Gasteiger partial charge on any atom is -0.387 e. The molecule has 4 amide bonds. The lowest BCUT2D eigenvalue weighted by atomic mass is 9.92. The molecular weight excluding hydrogens is 376 g/mol. The second-order valence-corrected chi connectivity index (χ2v) is 8.07. The monoisotopic (exact) mass is 400 g/mol. The van der Waals surface area contributed by atoms with Crippen LogP contribution in [-0.2, 0) is 16.1 Å². The van der Waals surface area contributed by atoms with Crippen LogP contribution in [0.3, 0.4) is 0 Å². The number of piperidine rings is 2. The molecule has 2 saturated heterocycles. The molecule has 2 fully saturated rings. The zero-order chi connectivity index (χ0) is 20.8. The summed E-state index contributed by atoms with van der Waals surface area (Å²) in [6, 6.07) is 4.10. The van der Waals surface area contributed by atoms with Crippen molar-refractivity contribution in [1.29, 1.82) is 0 Å². The van der Waals surface area contributed by atoms with Crippen molar-refractivity contribution in [3.05, 3.63) is 34.9 Å². The number of nitrogens with zero attached hydrogens (tertiary/aromatic N) is 2. The Bertz CT molecular complexity index is 901. The molecule has 9 nitrogen and oxygen atoms in total. The van der Waals surface area contributed by atoms with Crippen molar-refractivity contribution in [1.82, 2.24) is 15.1 Å². The van der Waals surface area contributed by atoms with E-state index in [4.69, 9.17) is 5.73 Å². The number of aliphatic hydroxyl groups is 1. The lowest BCUT2D eigenvalue weighted by Gasteiger charge is -2.38. The van der Waals surface area contributed by atoms with Crippen LogP contribution >= 0.6 is 0 Å². The van der Waals surface area contributed by atoms with E-state index in [0.29, 0.717) is 19.5 Å². The third kappa shape index (κ3) is 3.57. The average Bonchev–Trinajstić information content (AvgIpc) is 2.93. The number of imide groups is 2. The number of carbonyl (C=O) groups is 4. The van der Waals surface area contributed by atoms with Crippen molar-refractivity contribution in [2.75, 3.05) is 19.6 Å². The van der Waals surface area contributed by atoms with E-state index in [-0.39, 0.29) is 30.5 Å². The predicted molar refractivity (Wildman–Crippen MR) is 102 cm³/mol. The van der Waals surface area contributed by atoms with Gasteiger partial charge in [0, 0.05) is 26.1 Å². The SMILES string of the molecule is NCC1(O)CCCN(Cc2ccc3c(c2)C(=O)N(C2CCC(=O)NC2=O)C3=O)C1. The number of hydrogen-bond acceptors (Lipinski definition) is 7. The van der Waals surface area contributed by atoms with Gasteiger partial charge in [-0.2, -0.15) is 0 Å². The molecule has 1 aromatic carbocycles. The highest BCUT2D eigenvalue weighted by atomic mass is 16.3. The van der Waals surface area contributed by atoms with Crippen LogP contribution in [0.4, 0.5) is 0 Å². The number of fused-ring (bicyclic) bond motifs is 1. The quantitative estimate of drug-likeness (QED) is 0.573. The summed E-state index contributed by atoms with van der Waals surface area (Å²) in [5, 5.41) is 12.6. The van der Waals surface area contributed by atoms with E-state index in [1.807, 2.05) is 0 Å². The van der Waals surface area contributed by atoms with Crippen molar-refractivity contribution in [2.45, 2.75) is 43.9 Å². The summed E-state index contributed by atoms with van der Waals surface area (Å²) in [6.45, 7) is 1.99. The fraction of sp³-hybridized carbons (Fsp3) is 0.500. The van der Waals surface area contributed by atoms with Gasteiger partial charge in [0.25, 0.3) is 11.8 Å². The van der Waals surface area contributed by atoms with Gasteiger partial charge in [-0.1, -0.05) is 6.07 Å². The minimum absolute atomic E-state index is 0.0913. The molecule has 3 heterocycles. The number of likely N-dealkylation sites (tertiary alicyclic amines) is 1. The van der Waals surface area contributed by atoms with Crippen LogP contribution in [0.2, 0.25) is 0 Å². The number of β-amino-alcohol motifs (C(OH)–C–C–N with tert-alkyl or cyclic N) is 1. The highest BCUT2D eigenvalue weighted by Crippen LogP contribution is 2.29. The largest absolute Gasteiger partial charge is 0.387 e. The summed E-state index contributed by atoms with van der Waals surface area (Å²) in [7, 11) is 0. The van der Waals surface area contributed by atoms with E-state index in [2.05, 4.69) is 10.2 Å². The molecule has 9 heteroatoms. The van der Waals surface area contributed by atoms with Crippen molar-refractivity contribution >= 4 is 23.6 Å². The molecule has 2 unspecified atom stereocenters. The van der Waals surface area contributed by atoms with Gasteiger partial charge in [0.15, 0.2) is 0 Å². The maximum absolute atomic E-state index is 12.9. The molecular formula is C20H24N4O5. The van der Waals surface area contributed by atoms with Crippen molar-refractivity contribution in [3.63, 3.8) is 0 Å². The zero-order valence-electron chi connectivity index (χ0n) is 16.0. The summed E-state index contributed by atoms with van der Waals surface area (Å²) in [5.41, 5.74) is 6.16. The topological polar surface area (TPSA) is 133 Å². The highest BCUT2D eigenvalue weighted by Gasteiger charge is 2.44. The first-order chi connectivity index (χ1) is 13.8. The molecule has 4 N–H and O–H groups in total. The Morgan fingerprint density at radius 1 is 1.17 bits per heavy atom. The molecule has 4 rings (SSSR count). The summed E-state index contributed by atoms with van der Waals surface area (Å²) in [6.07, 6.45) is 1.72. The van der Waals surface area contributed by atoms with E-state index < -0.39 is 35.3 Å². The molecule has 1 aromatic rings. The van der Waals surface area contributed by atoms with Gasteiger partial charge in [-0.3, -0.25) is 34.3 Å². The molecule has 0 saturated carbocycles. The molecule has 0 radical (unpaired) electrons. The fourth-order valence-corrected chi connectivity index (χ4v) is 4.38. The normalized spacial score (nSPS) is 27.9. The van der Waals surface area contributed by atoms with Crippen LogP contribution < -0.4 is 11.1 Å². The number of carbonyl (C=O) groups excluding carboxylic acids is 4. The van der Waals surface area contributed by atoms with Gasteiger partial charge in [-0.15, -0.1) is 0 Å². The molecule has 3 aliphatic heterocycles. The first-order valence-corrected chi connectivity index (χ1v) is 9.81. The van der Waals surface area contributed by atoms with Crippen LogP contribution in [0.1, 0.15) is 52.0 Å². The summed E-state index contributed by atoms with van der Waals surface area (Å²) >= 11 is 0. The van der Waals surface area contributed by atoms with Gasteiger partial charge < -0.3 is 10.8 Å². The smallest absolute Gasteiger partial charge is 0.262 e. The zero-order valence-corrected chi connectivity index (χ0v) is 16.0. The molecule has 0 aliphatic carbocycles. The Kier molecular flexibility index (Phi) is 4.97. The van der Waals surface area contributed by atoms with E-state index in [9.17, 15) is 24.3 Å². The Balaban J connectivity index is 1.53. The number of nitrogens with two attached hydrogens (primary N) is 1. The van der Waals surface area contributed by atoms with Crippen LogP contribution in [0, 0.1) is 0 Å². The first-order valence-electron chi connectivity index (χ1n) is 9.81. The summed E-state index contributed by atoms with van der Waals surface area (Å²) < 4.78 is 0. The maximum Gasteiger partial charge on any atom is 0.262 e. The molecule has 0 aromatic heterocycles. The maximum atomic E-state index is 12.9. The Labute approximate surface area is 167 Å². The predicted octanol–water partition coefficient (Wildman–Crippen LogP) is -0.627. The standard InChI is InChI=1S/C20H24N4O5/c21-10-20(29)6-1-7-23(11-20)9-12-2-3-13-14(8-12)19(28)24(18(13)27)15-4-5-16(25)22-17(15)26/h2-3,8,15,29H,1,4-7,9-11,21H2,(H,22,25,26). The van der Waals surface area contributed by atoms with Crippen LogP contribution in [-0.4, -0.2) is 69.8 Å². The van der Waals surface area contributed by atoms with Gasteiger partial charge in [-0.05, 0) is 43.5 Å². The second-order valence-electron chi connectivity index (χ2n) is 8.07. The molecule has 0 bridgehead atoms. The van der Waals surface area contributed by atoms with Gasteiger partial charge in [0.1, 0.15) is 6.04 Å². The van der Waals surface area contributed by atoms with E-state index in [0.717, 1.165) is 23.4 Å². The molecule has 154 valence electrons. The van der Waals surface area contributed by atoms with Crippen LogP contribution in [0.5, 0.6) is 0 Å². The third-order valence-electron chi connectivity index (χ3n) is 5.92. The van der Waals surface area contributed by atoms with Crippen molar-refractivity contribution in [3.8, 4) is 0 Å². The number of nitrogens with one attached hydrogen (secondary N) is 1. The second kappa shape index (κ2) is 7.33. The third-order valence-corrected chi connectivity index (χ3v) is 5.92. The lowest BCUT2D eigenvalue weighted by Crippen LogP contribution is -2.54. The lowest BCUT2D eigenvalue weighted by molar-refractivity contribution is -0.136. The van der Waals surface area contributed by atoms with E-state index >= 15 is 0 Å². The molecule has 2 atom stereocenters. The van der Waals surface area contributed by atoms with E-state index in [1.165, 1.54) is 0 Å². The molecule has 3 aliphatic rings. The highest BCUT2D eigenvalue weighted by molar-refractivity contribution is 6.23. The Morgan fingerprint density at radius 3 is 2.66 bits per heavy atom. The van der Waals surface area contributed by atoms with Gasteiger partial charge in [-0.25, -0.2) is 0 Å². The first kappa shape index (κ1) is 19.7. The molecule has 0 spiro atoms. The van der Waals surface area contributed by atoms with Gasteiger partial charge in [0.2, 0.25) is 11.8 Å². The number of hydrogen-bond donors (Lipinski definition) is 3. The van der Waals surface area contributed by atoms with E-state index in [1.54, 1.807) is 18.2 Å². The summed E-state index contributed by atoms with van der Waals surface area (Å²) in [4.78, 5) is 52.2.